The maximum absolute atomic E-state index is 13.9. The molecule has 1 aromatic heterocycles. The fourth-order valence-electron chi connectivity index (χ4n) is 3.54. The molecule has 1 heterocycles. The zero-order valence-electron chi connectivity index (χ0n) is 19.1. The lowest BCUT2D eigenvalue weighted by Gasteiger charge is -2.18. The predicted molar refractivity (Wildman–Crippen MR) is 133 cm³/mol. The molecule has 0 unspecified atom stereocenters. The number of carbonyl (C=O) groups is 2. The van der Waals surface area contributed by atoms with E-state index in [2.05, 4.69) is 31.7 Å². The molecule has 4 N–H and O–H groups in total. The highest BCUT2D eigenvalue weighted by atomic mass is 19.1. The molecule has 3 aromatic carbocycles. The van der Waals surface area contributed by atoms with E-state index in [9.17, 15) is 24.1 Å². The molecular formula is C25H20FN7O4. The second-order valence-electron chi connectivity index (χ2n) is 7.60. The molecule has 0 fully saturated rings. The number of hydrogen-bond acceptors (Lipinski definition) is 8. The monoisotopic (exact) mass is 501 g/mol. The molecule has 37 heavy (non-hydrogen) atoms. The van der Waals surface area contributed by atoms with Crippen LogP contribution < -0.4 is 21.7 Å². The molecule has 186 valence electrons. The number of halogens is 1. The number of nitrogens with one attached hydrogen (secondary N) is 4. The molecule has 12 heteroatoms. The summed E-state index contributed by atoms with van der Waals surface area (Å²) in [5.41, 5.74) is 9.91. The van der Waals surface area contributed by atoms with Crippen LogP contribution in [0.3, 0.4) is 0 Å². The number of amides is 2. The summed E-state index contributed by atoms with van der Waals surface area (Å²) in [5.74, 6) is -3.57. The number of carbonyl (C=O) groups excluding carboxylic acids is 2. The Labute approximate surface area is 209 Å². The first-order valence-electron chi connectivity index (χ1n) is 10.9. The number of hydrazine groups is 2. The van der Waals surface area contributed by atoms with Crippen LogP contribution in [-0.2, 0) is 4.79 Å². The number of rotatable bonds is 9. The number of benzene rings is 3. The van der Waals surface area contributed by atoms with Gasteiger partial charge in [0.25, 0.3) is 5.91 Å². The third-order valence-corrected chi connectivity index (χ3v) is 5.25. The van der Waals surface area contributed by atoms with Crippen molar-refractivity contribution in [3.8, 4) is 0 Å². The van der Waals surface area contributed by atoms with Gasteiger partial charge in [0.05, 0.1) is 16.4 Å². The van der Waals surface area contributed by atoms with Gasteiger partial charge in [0.1, 0.15) is 12.1 Å². The van der Waals surface area contributed by atoms with E-state index in [0.29, 0.717) is 11.1 Å². The van der Waals surface area contributed by atoms with Gasteiger partial charge in [0.15, 0.2) is 0 Å². The van der Waals surface area contributed by atoms with E-state index in [0.717, 1.165) is 12.4 Å². The van der Waals surface area contributed by atoms with Crippen LogP contribution in [-0.4, -0.2) is 26.7 Å². The first-order valence-corrected chi connectivity index (χ1v) is 10.9. The minimum absolute atomic E-state index is 0.273. The molecule has 0 atom stereocenters. The van der Waals surface area contributed by atoms with Crippen molar-refractivity contribution in [3.63, 3.8) is 0 Å². The molecule has 0 saturated heterocycles. The molecule has 2 amide bonds. The molecule has 11 nitrogen and oxygen atoms in total. The van der Waals surface area contributed by atoms with E-state index in [4.69, 9.17) is 0 Å². The van der Waals surface area contributed by atoms with Gasteiger partial charge in [-0.1, -0.05) is 72.8 Å². The number of nitro groups is 1. The van der Waals surface area contributed by atoms with Crippen molar-refractivity contribution < 1.29 is 18.9 Å². The standard InChI is InChI=1S/C25H20FN7O4/c26-19-14-8-7-13-18(19)24(34)31-29-22-21(33(36)37)23(28-15-27-22)30-32-25(35)20(16-9-3-1-4-10-16)17-11-5-2-6-12-17/h1-15,20H,(H,31,34)(H,32,35)(H2,27,28,29,30). The van der Waals surface area contributed by atoms with Crippen molar-refractivity contribution in [2.45, 2.75) is 5.92 Å². The Balaban J connectivity index is 1.53. The Morgan fingerprint density at radius 1 is 0.784 bits per heavy atom. The molecule has 4 rings (SSSR count). The zero-order chi connectivity index (χ0) is 26.2. The van der Waals surface area contributed by atoms with E-state index < -0.39 is 34.2 Å². The Bertz CT molecular complexity index is 1380. The van der Waals surface area contributed by atoms with Crippen LogP contribution in [0, 0.1) is 15.9 Å². The van der Waals surface area contributed by atoms with Crippen molar-refractivity contribution in [2.75, 3.05) is 10.9 Å². The summed E-state index contributed by atoms with van der Waals surface area (Å²) in [4.78, 5) is 44.1. The van der Waals surface area contributed by atoms with E-state index in [1.54, 1.807) is 48.5 Å². The lowest BCUT2D eigenvalue weighted by atomic mass is 9.91. The van der Waals surface area contributed by atoms with Gasteiger partial charge >= 0.3 is 5.69 Å². The van der Waals surface area contributed by atoms with Crippen LogP contribution in [0.1, 0.15) is 27.4 Å². The molecular weight excluding hydrogens is 481 g/mol. The number of anilines is 2. The second kappa shape index (κ2) is 11.4. The summed E-state index contributed by atoms with van der Waals surface area (Å²) in [6, 6.07) is 23.3. The van der Waals surface area contributed by atoms with Crippen LogP contribution in [0.25, 0.3) is 0 Å². The smallest absolute Gasteiger partial charge is 0.276 e. The Hall–Kier alpha value is -5.39. The Morgan fingerprint density at radius 2 is 1.30 bits per heavy atom. The largest absolute Gasteiger partial charge is 0.356 e. The van der Waals surface area contributed by atoms with Crippen molar-refractivity contribution in [2.24, 2.45) is 0 Å². The molecule has 0 aliphatic rings. The predicted octanol–water partition coefficient (Wildman–Crippen LogP) is 3.56. The van der Waals surface area contributed by atoms with Gasteiger partial charge in [-0.25, -0.2) is 14.4 Å². The lowest BCUT2D eigenvalue weighted by molar-refractivity contribution is -0.383. The zero-order valence-corrected chi connectivity index (χ0v) is 19.1. The minimum atomic E-state index is -0.873. The SMILES string of the molecule is O=C(NNc1ncnc(NNC(=O)C(c2ccccc2)c2ccccc2)c1[N+](=O)[O-])c1ccccc1F. The summed E-state index contributed by atoms with van der Waals surface area (Å²) in [6.07, 6.45) is 0.991. The maximum Gasteiger partial charge on any atom is 0.356 e. The molecule has 4 aromatic rings. The molecule has 0 aliphatic heterocycles. The average molecular weight is 501 g/mol. The van der Waals surface area contributed by atoms with Gasteiger partial charge in [-0.05, 0) is 23.3 Å². The third kappa shape index (κ3) is 5.82. The van der Waals surface area contributed by atoms with Crippen molar-refractivity contribution >= 4 is 29.1 Å². The highest BCUT2D eigenvalue weighted by molar-refractivity contribution is 5.95. The van der Waals surface area contributed by atoms with Crippen LogP contribution in [0.4, 0.5) is 21.7 Å². The van der Waals surface area contributed by atoms with Gasteiger partial charge in [-0.2, -0.15) is 0 Å². The normalized spacial score (nSPS) is 10.4. The van der Waals surface area contributed by atoms with E-state index >= 15 is 0 Å². The van der Waals surface area contributed by atoms with Crippen molar-refractivity contribution in [3.05, 3.63) is 124 Å². The first kappa shape index (κ1) is 24.7. The number of aromatic nitrogens is 2. The van der Waals surface area contributed by atoms with Crippen molar-refractivity contribution in [1.29, 1.82) is 0 Å². The maximum atomic E-state index is 13.9. The Morgan fingerprint density at radius 3 is 1.84 bits per heavy atom. The first-order chi connectivity index (χ1) is 18.0. The quantitative estimate of drug-likeness (QED) is 0.201. The molecule has 0 radical (unpaired) electrons. The van der Waals surface area contributed by atoms with Crippen LogP contribution in [0.15, 0.2) is 91.3 Å². The van der Waals surface area contributed by atoms with E-state index in [1.165, 1.54) is 18.2 Å². The highest BCUT2D eigenvalue weighted by Crippen LogP contribution is 2.29. The Kier molecular flexibility index (Phi) is 7.59. The molecule has 0 spiro atoms. The van der Waals surface area contributed by atoms with E-state index in [1.807, 2.05) is 12.1 Å². The van der Waals surface area contributed by atoms with Gasteiger partial charge < -0.3 is 0 Å². The topological polar surface area (TPSA) is 151 Å². The fourth-order valence-corrected chi connectivity index (χ4v) is 3.54. The van der Waals surface area contributed by atoms with Gasteiger partial charge in [0.2, 0.25) is 17.5 Å². The number of hydrogen-bond donors (Lipinski definition) is 4. The summed E-state index contributed by atoms with van der Waals surface area (Å²) in [6.45, 7) is 0. The van der Waals surface area contributed by atoms with Crippen LogP contribution in [0.5, 0.6) is 0 Å². The highest BCUT2D eigenvalue weighted by Gasteiger charge is 2.27. The summed E-state index contributed by atoms with van der Waals surface area (Å²) >= 11 is 0. The average Bonchev–Trinajstić information content (AvgIpc) is 2.92. The molecule has 0 saturated carbocycles. The third-order valence-electron chi connectivity index (χ3n) is 5.25. The number of nitrogens with zero attached hydrogens (tertiary/aromatic N) is 3. The van der Waals surface area contributed by atoms with Crippen molar-refractivity contribution in [1.82, 2.24) is 20.8 Å². The summed E-state index contributed by atoms with van der Waals surface area (Å²) in [5, 5.41) is 11.8. The fraction of sp³-hybridized carbons (Fsp3) is 0.0400. The van der Waals surface area contributed by atoms with E-state index in [-0.39, 0.29) is 17.2 Å². The molecule has 0 aliphatic carbocycles. The van der Waals surface area contributed by atoms with Gasteiger partial charge in [-0.3, -0.25) is 41.4 Å². The van der Waals surface area contributed by atoms with Crippen LogP contribution >= 0.6 is 0 Å². The molecule has 0 bridgehead atoms. The summed E-state index contributed by atoms with van der Waals surface area (Å²) in [7, 11) is 0. The van der Waals surface area contributed by atoms with Gasteiger partial charge in [-0.15, -0.1) is 0 Å². The van der Waals surface area contributed by atoms with Crippen LogP contribution in [0.2, 0.25) is 0 Å². The minimum Gasteiger partial charge on any atom is -0.276 e. The lowest BCUT2D eigenvalue weighted by Crippen LogP contribution is -2.35. The summed E-state index contributed by atoms with van der Waals surface area (Å²) < 4.78 is 13.9. The second-order valence-corrected chi connectivity index (χ2v) is 7.60. The van der Waals surface area contributed by atoms with Gasteiger partial charge in [0, 0.05) is 0 Å².